The van der Waals surface area contributed by atoms with Crippen LogP contribution in [0.1, 0.15) is 56.6 Å². The molecule has 18 heavy (non-hydrogen) atoms. The van der Waals surface area contributed by atoms with Gasteiger partial charge in [-0.05, 0) is 33.6 Å². The third kappa shape index (κ3) is 2.24. The first kappa shape index (κ1) is 13.0. The molecule has 4 nitrogen and oxygen atoms in total. The van der Waals surface area contributed by atoms with Crippen LogP contribution in [0.2, 0.25) is 0 Å². The Morgan fingerprint density at radius 3 is 2.50 bits per heavy atom. The molecule has 1 heterocycles. The summed E-state index contributed by atoms with van der Waals surface area (Å²) in [6.45, 7) is 5.72. The number of hydrogen-bond acceptors (Lipinski definition) is 3. The summed E-state index contributed by atoms with van der Waals surface area (Å²) in [6.07, 6.45) is 6.21. The van der Waals surface area contributed by atoms with E-state index in [1.54, 1.807) is 19.4 Å². The van der Waals surface area contributed by atoms with Gasteiger partial charge >= 0.3 is 0 Å². The second kappa shape index (κ2) is 5.04. The molecule has 2 rings (SSSR count). The Morgan fingerprint density at radius 1 is 1.33 bits per heavy atom. The van der Waals surface area contributed by atoms with E-state index in [-0.39, 0.29) is 23.5 Å². The molecule has 1 fully saturated rings. The lowest BCUT2D eigenvalue weighted by Crippen LogP contribution is -2.32. The van der Waals surface area contributed by atoms with E-state index in [1.165, 1.54) is 0 Å². The van der Waals surface area contributed by atoms with Crippen molar-refractivity contribution in [2.75, 3.05) is 0 Å². The smallest absolute Gasteiger partial charge is 0.191 e. The van der Waals surface area contributed by atoms with Crippen molar-refractivity contribution in [2.24, 2.45) is 11.8 Å². The van der Waals surface area contributed by atoms with Crippen LogP contribution in [0, 0.1) is 11.8 Å². The molecular formula is C14H20N2O2. The van der Waals surface area contributed by atoms with Crippen molar-refractivity contribution in [1.82, 2.24) is 9.55 Å². The Balaban J connectivity index is 2.14. The van der Waals surface area contributed by atoms with E-state index in [4.69, 9.17) is 0 Å². The van der Waals surface area contributed by atoms with Crippen LogP contribution in [-0.2, 0) is 4.79 Å². The predicted molar refractivity (Wildman–Crippen MR) is 68.5 cm³/mol. The normalized spacial score (nSPS) is 17.6. The van der Waals surface area contributed by atoms with Gasteiger partial charge in [-0.1, -0.05) is 6.42 Å². The maximum absolute atomic E-state index is 12.3. The Morgan fingerprint density at radius 2 is 2.00 bits per heavy atom. The van der Waals surface area contributed by atoms with Gasteiger partial charge in [-0.2, -0.15) is 0 Å². The van der Waals surface area contributed by atoms with Crippen molar-refractivity contribution in [1.29, 1.82) is 0 Å². The summed E-state index contributed by atoms with van der Waals surface area (Å²) in [4.78, 5) is 28.4. The van der Waals surface area contributed by atoms with Crippen molar-refractivity contribution < 1.29 is 9.59 Å². The minimum atomic E-state index is -0.538. The van der Waals surface area contributed by atoms with Crippen LogP contribution >= 0.6 is 0 Å². The summed E-state index contributed by atoms with van der Waals surface area (Å²) in [5.41, 5.74) is 0.546. The molecular weight excluding hydrogens is 228 g/mol. The minimum Gasteiger partial charge on any atom is -0.326 e. The standard InChI is InChI=1S/C14H20N2O2/c1-9(2)16-8-15-7-12(16)14(18)10(3)13(17)11-5-4-6-11/h7-11H,4-6H2,1-3H3. The summed E-state index contributed by atoms with van der Waals surface area (Å²) >= 11 is 0. The van der Waals surface area contributed by atoms with Crippen molar-refractivity contribution in [3.05, 3.63) is 18.2 Å². The number of carbonyl (C=O) groups excluding carboxylic acids is 2. The monoisotopic (exact) mass is 248 g/mol. The molecule has 0 N–H and O–H groups in total. The van der Waals surface area contributed by atoms with Gasteiger partial charge in [-0.15, -0.1) is 0 Å². The first-order valence-corrected chi connectivity index (χ1v) is 6.62. The molecule has 1 atom stereocenters. The van der Waals surface area contributed by atoms with Crippen molar-refractivity contribution in [2.45, 2.75) is 46.1 Å². The second-order valence-electron chi connectivity index (χ2n) is 5.40. The Labute approximate surface area is 107 Å². The number of ketones is 2. The van der Waals surface area contributed by atoms with Gasteiger partial charge in [0.05, 0.1) is 18.4 Å². The largest absolute Gasteiger partial charge is 0.326 e. The molecule has 1 unspecified atom stereocenters. The molecule has 1 aromatic rings. The third-order valence-corrected chi connectivity index (χ3v) is 3.80. The van der Waals surface area contributed by atoms with E-state index in [2.05, 4.69) is 4.98 Å². The zero-order chi connectivity index (χ0) is 13.3. The maximum Gasteiger partial charge on any atom is 0.191 e. The minimum absolute atomic E-state index is 0.0990. The highest BCUT2D eigenvalue weighted by Crippen LogP contribution is 2.30. The second-order valence-corrected chi connectivity index (χ2v) is 5.40. The van der Waals surface area contributed by atoms with Crippen LogP contribution < -0.4 is 0 Å². The van der Waals surface area contributed by atoms with Gasteiger partial charge < -0.3 is 4.57 Å². The van der Waals surface area contributed by atoms with Gasteiger partial charge in [0.2, 0.25) is 0 Å². The van der Waals surface area contributed by atoms with Crippen LogP contribution in [0.5, 0.6) is 0 Å². The number of hydrogen-bond donors (Lipinski definition) is 0. The summed E-state index contributed by atoms with van der Waals surface area (Å²) < 4.78 is 1.83. The van der Waals surface area contributed by atoms with Crippen LogP contribution in [0.3, 0.4) is 0 Å². The molecule has 0 amide bonds. The average molecular weight is 248 g/mol. The van der Waals surface area contributed by atoms with E-state index < -0.39 is 5.92 Å². The lowest BCUT2D eigenvalue weighted by atomic mass is 9.77. The third-order valence-electron chi connectivity index (χ3n) is 3.80. The highest BCUT2D eigenvalue weighted by atomic mass is 16.2. The first-order chi connectivity index (χ1) is 8.52. The molecule has 1 saturated carbocycles. The van der Waals surface area contributed by atoms with Crippen LogP contribution in [0.4, 0.5) is 0 Å². The van der Waals surface area contributed by atoms with Gasteiger partial charge in [-0.25, -0.2) is 4.98 Å². The summed E-state index contributed by atoms with van der Waals surface area (Å²) in [5.74, 6) is -0.426. The molecule has 0 bridgehead atoms. The summed E-state index contributed by atoms with van der Waals surface area (Å²) in [5, 5.41) is 0. The quantitative estimate of drug-likeness (QED) is 0.594. The SMILES string of the molecule is CC(C(=O)c1cncn1C(C)C)C(=O)C1CCC1. The summed E-state index contributed by atoms with van der Waals surface area (Å²) in [7, 11) is 0. The zero-order valence-corrected chi connectivity index (χ0v) is 11.2. The van der Waals surface area contributed by atoms with Crippen molar-refractivity contribution in [3.8, 4) is 0 Å². The lowest BCUT2D eigenvalue weighted by Gasteiger charge is -2.26. The van der Waals surface area contributed by atoms with E-state index in [1.807, 2.05) is 18.4 Å². The van der Waals surface area contributed by atoms with E-state index >= 15 is 0 Å². The Hall–Kier alpha value is -1.45. The molecule has 0 radical (unpaired) electrons. The maximum atomic E-state index is 12.3. The number of Topliss-reactive ketones (excluding diaryl/α,β-unsaturated/α-hetero) is 2. The van der Waals surface area contributed by atoms with Gasteiger partial charge in [0.1, 0.15) is 11.5 Å². The number of imidazole rings is 1. The highest BCUT2D eigenvalue weighted by molar-refractivity contribution is 6.10. The number of aromatic nitrogens is 2. The fourth-order valence-corrected chi connectivity index (χ4v) is 2.30. The van der Waals surface area contributed by atoms with Crippen molar-refractivity contribution >= 4 is 11.6 Å². The van der Waals surface area contributed by atoms with Gasteiger partial charge in [0.15, 0.2) is 5.78 Å². The molecule has 0 saturated heterocycles. The molecule has 0 aromatic carbocycles. The van der Waals surface area contributed by atoms with Crippen LogP contribution in [0.15, 0.2) is 12.5 Å². The molecule has 1 aromatic heterocycles. The number of rotatable bonds is 5. The number of nitrogens with zero attached hydrogens (tertiary/aromatic N) is 2. The predicted octanol–water partition coefficient (Wildman–Crippen LogP) is 2.65. The van der Waals surface area contributed by atoms with Gasteiger partial charge in [0, 0.05) is 12.0 Å². The fourth-order valence-electron chi connectivity index (χ4n) is 2.30. The zero-order valence-electron chi connectivity index (χ0n) is 11.2. The molecule has 98 valence electrons. The van der Waals surface area contributed by atoms with E-state index in [9.17, 15) is 9.59 Å². The Bertz CT molecular complexity index is 458. The Kier molecular flexibility index (Phi) is 3.64. The lowest BCUT2D eigenvalue weighted by molar-refractivity contribution is -0.127. The molecule has 0 spiro atoms. The topological polar surface area (TPSA) is 52.0 Å². The van der Waals surface area contributed by atoms with Crippen LogP contribution in [0.25, 0.3) is 0 Å². The molecule has 4 heteroatoms. The summed E-state index contributed by atoms with van der Waals surface area (Å²) in [6, 6.07) is 0.178. The number of carbonyl (C=O) groups is 2. The molecule has 0 aliphatic heterocycles. The van der Waals surface area contributed by atoms with Crippen molar-refractivity contribution in [3.63, 3.8) is 0 Å². The average Bonchev–Trinajstić information content (AvgIpc) is 2.73. The molecule has 1 aliphatic rings. The van der Waals surface area contributed by atoms with Gasteiger partial charge in [-0.3, -0.25) is 9.59 Å². The van der Waals surface area contributed by atoms with E-state index in [0.717, 1.165) is 19.3 Å². The van der Waals surface area contributed by atoms with Gasteiger partial charge in [0.25, 0.3) is 0 Å². The van der Waals surface area contributed by atoms with Crippen LogP contribution in [-0.4, -0.2) is 21.1 Å². The van der Waals surface area contributed by atoms with E-state index in [0.29, 0.717) is 5.69 Å². The highest BCUT2D eigenvalue weighted by Gasteiger charge is 2.33. The first-order valence-electron chi connectivity index (χ1n) is 6.62. The molecule has 1 aliphatic carbocycles. The fraction of sp³-hybridized carbons (Fsp3) is 0.643.